The van der Waals surface area contributed by atoms with Gasteiger partial charge in [-0.1, -0.05) is 31.5 Å². The minimum Gasteiger partial charge on any atom is -0.324 e. The van der Waals surface area contributed by atoms with Crippen molar-refractivity contribution in [3.63, 3.8) is 0 Å². The summed E-state index contributed by atoms with van der Waals surface area (Å²) in [6.07, 6.45) is 1.97. The SMILES string of the molecule is CCC[C@H](N)c1ccccc1C#N.Cl. The summed E-state index contributed by atoms with van der Waals surface area (Å²) in [6, 6.07) is 9.68. The predicted molar refractivity (Wildman–Crippen MR) is 60.2 cm³/mol. The van der Waals surface area contributed by atoms with E-state index in [1.165, 1.54) is 0 Å². The van der Waals surface area contributed by atoms with E-state index in [0.29, 0.717) is 5.56 Å². The molecule has 0 spiro atoms. The van der Waals surface area contributed by atoms with Crippen molar-refractivity contribution in [3.05, 3.63) is 35.4 Å². The molecule has 3 heteroatoms. The van der Waals surface area contributed by atoms with Crippen molar-refractivity contribution in [1.82, 2.24) is 0 Å². The minimum absolute atomic E-state index is 0. The largest absolute Gasteiger partial charge is 0.324 e. The van der Waals surface area contributed by atoms with Gasteiger partial charge in [0, 0.05) is 6.04 Å². The molecule has 2 N–H and O–H groups in total. The molecule has 0 aromatic heterocycles. The summed E-state index contributed by atoms with van der Waals surface area (Å²) < 4.78 is 0. The van der Waals surface area contributed by atoms with Crippen molar-refractivity contribution in [3.8, 4) is 6.07 Å². The Bertz CT molecular complexity index is 317. The van der Waals surface area contributed by atoms with Gasteiger partial charge >= 0.3 is 0 Å². The van der Waals surface area contributed by atoms with Crippen LogP contribution in [-0.4, -0.2) is 0 Å². The maximum Gasteiger partial charge on any atom is 0.0995 e. The molecule has 1 rings (SSSR count). The Morgan fingerprint density at radius 3 is 2.64 bits per heavy atom. The Balaban J connectivity index is 0.00000169. The standard InChI is InChI=1S/C11H14N2.ClH/c1-2-5-11(13)10-7-4-3-6-9(10)8-12;/h3-4,6-7,11H,2,5,13H2,1H3;1H/t11-;/m0./s1. The molecule has 1 aromatic rings. The number of rotatable bonds is 3. The van der Waals surface area contributed by atoms with Gasteiger partial charge in [-0.3, -0.25) is 0 Å². The molecule has 0 saturated carbocycles. The molecule has 0 amide bonds. The van der Waals surface area contributed by atoms with Gasteiger partial charge in [0.1, 0.15) is 0 Å². The van der Waals surface area contributed by atoms with E-state index in [-0.39, 0.29) is 18.4 Å². The van der Waals surface area contributed by atoms with Crippen LogP contribution in [0.5, 0.6) is 0 Å². The molecule has 76 valence electrons. The third-order valence-corrected chi connectivity index (χ3v) is 2.08. The summed E-state index contributed by atoms with van der Waals surface area (Å²) in [6.45, 7) is 2.09. The van der Waals surface area contributed by atoms with Crippen LogP contribution in [0, 0.1) is 11.3 Å². The summed E-state index contributed by atoms with van der Waals surface area (Å²) in [4.78, 5) is 0. The van der Waals surface area contributed by atoms with Gasteiger partial charge in [-0.25, -0.2) is 0 Å². The zero-order chi connectivity index (χ0) is 9.68. The molecule has 1 aromatic carbocycles. The second-order valence-corrected chi connectivity index (χ2v) is 3.09. The lowest BCUT2D eigenvalue weighted by molar-refractivity contribution is 0.637. The predicted octanol–water partition coefficient (Wildman–Crippen LogP) is 2.78. The molecule has 0 fully saturated rings. The number of hydrogen-bond acceptors (Lipinski definition) is 2. The lowest BCUT2D eigenvalue weighted by Crippen LogP contribution is -2.11. The van der Waals surface area contributed by atoms with Gasteiger partial charge in [0.15, 0.2) is 0 Å². The van der Waals surface area contributed by atoms with Crippen LogP contribution in [0.4, 0.5) is 0 Å². The fourth-order valence-corrected chi connectivity index (χ4v) is 1.39. The molecule has 1 atom stereocenters. The topological polar surface area (TPSA) is 49.8 Å². The molecule has 0 aliphatic carbocycles. The second-order valence-electron chi connectivity index (χ2n) is 3.09. The van der Waals surface area contributed by atoms with Crippen molar-refractivity contribution in [2.45, 2.75) is 25.8 Å². The highest BCUT2D eigenvalue weighted by Gasteiger charge is 2.08. The molecule has 14 heavy (non-hydrogen) atoms. The summed E-state index contributed by atoms with van der Waals surface area (Å²) in [5.41, 5.74) is 7.59. The fourth-order valence-electron chi connectivity index (χ4n) is 1.39. The molecule has 0 heterocycles. The lowest BCUT2D eigenvalue weighted by Gasteiger charge is -2.11. The number of benzene rings is 1. The minimum atomic E-state index is 0. The fraction of sp³-hybridized carbons (Fsp3) is 0.364. The van der Waals surface area contributed by atoms with E-state index in [2.05, 4.69) is 13.0 Å². The summed E-state index contributed by atoms with van der Waals surface area (Å²) in [7, 11) is 0. The van der Waals surface area contributed by atoms with Crippen molar-refractivity contribution in [1.29, 1.82) is 5.26 Å². The number of hydrogen-bond donors (Lipinski definition) is 1. The zero-order valence-electron chi connectivity index (χ0n) is 8.23. The van der Waals surface area contributed by atoms with E-state index in [4.69, 9.17) is 11.0 Å². The van der Waals surface area contributed by atoms with Crippen LogP contribution in [0.2, 0.25) is 0 Å². The van der Waals surface area contributed by atoms with Gasteiger partial charge in [-0.2, -0.15) is 5.26 Å². The van der Waals surface area contributed by atoms with Crippen LogP contribution >= 0.6 is 12.4 Å². The van der Waals surface area contributed by atoms with Crippen LogP contribution in [0.1, 0.15) is 36.9 Å². The monoisotopic (exact) mass is 210 g/mol. The van der Waals surface area contributed by atoms with E-state index < -0.39 is 0 Å². The smallest absolute Gasteiger partial charge is 0.0995 e. The van der Waals surface area contributed by atoms with Crippen molar-refractivity contribution >= 4 is 12.4 Å². The molecule has 0 radical (unpaired) electrons. The molecule has 0 aliphatic rings. The van der Waals surface area contributed by atoms with Gasteiger partial charge < -0.3 is 5.73 Å². The maximum absolute atomic E-state index is 8.83. The van der Waals surface area contributed by atoms with Crippen LogP contribution in [0.15, 0.2) is 24.3 Å². The van der Waals surface area contributed by atoms with Crippen LogP contribution in [0.25, 0.3) is 0 Å². The summed E-state index contributed by atoms with van der Waals surface area (Å²) in [5, 5.41) is 8.83. The molecule has 0 aliphatic heterocycles. The third-order valence-electron chi connectivity index (χ3n) is 2.08. The van der Waals surface area contributed by atoms with Crippen molar-refractivity contribution < 1.29 is 0 Å². The van der Waals surface area contributed by atoms with Gasteiger partial charge in [-0.15, -0.1) is 12.4 Å². The quantitative estimate of drug-likeness (QED) is 0.834. The van der Waals surface area contributed by atoms with Gasteiger partial charge in [0.05, 0.1) is 11.6 Å². The zero-order valence-corrected chi connectivity index (χ0v) is 9.05. The van der Waals surface area contributed by atoms with Crippen molar-refractivity contribution in [2.75, 3.05) is 0 Å². The second kappa shape index (κ2) is 6.42. The van der Waals surface area contributed by atoms with Gasteiger partial charge in [-0.05, 0) is 18.1 Å². The Kier molecular flexibility index (Phi) is 5.94. The molecular formula is C11H15ClN2. The third kappa shape index (κ3) is 3.02. The highest BCUT2D eigenvalue weighted by atomic mass is 35.5. The molecule has 0 unspecified atom stereocenters. The average Bonchev–Trinajstić information content (AvgIpc) is 2.18. The molecule has 0 bridgehead atoms. The van der Waals surface area contributed by atoms with E-state index in [1.54, 1.807) is 0 Å². The number of nitrogens with two attached hydrogens (primary N) is 1. The first kappa shape index (κ1) is 13.0. The van der Waals surface area contributed by atoms with Crippen LogP contribution < -0.4 is 5.73 Å². The number of nitriles is 1. The Morgan fingerprint density at radius 2 is 2.07 bits per heavy atom. The highest BCUT2D eigenvalue weighted by molar-refractivity contribution is 5.85. The Labute approximate surface area is 91.1 Å². The molecule has 0 saturated heterocycles. The first-order valence-corrected chi connectivity index (χ1v) is 4.54. The van der Waals surface area contributed by atoms with E-state index in [0.717, 1.165) is 18.4 Å². The number of nitrogens with zero attached hydrogens (tertiary/aromatic N) is 1. The van der Waals surface area contributed by atoms with Gasteiger partial charge in [0.2, 0.25) is 0 Å². The van der Waals surface area contributed by atoms with E-state index in [1.807, 2.05) is 24.3 Å². The van der Waals surface area contributed by atoms with Crippen LogP contribution in [0.3, 0.4) is 0 Å². The highest BCUT2D eigenvalue weighted by Crippen LogP contribution is 2.18. The first-order chi connectivity index (χ1) is 6.29. The molecular weight excluding hydrogens is 196 g/mol. The Hall–Kier alpha value is -1.04. The maximum atomic E-state index is 8.83. The lowest BCUT2D eigenvalue weighted by atomic mass is 9.98. The Morgan fingerprint density at radius 1 is 1.43 bits per heavy atom. The summed E-state index contributed by atoms with van der Waals surface area (Å²) in [5.74, 6) is 0. The van der Waals surface area contributed by atoms with Crippen LogP contribution in [-0.2, 0) is 0 Å². The van der Waals surface area contributed by atoms with Crippen molar-refractivity contribution in [2.24, 2.45) is 5.73 Å². The van der Waals surface area contributed by atoms with E-state index >= 15 is 0 Å². The first-order valence-electron chi connectivity index (χ1n) is 4.54. The number of halogens is 1. The van der Waals surface area contributed by atoms with E-state index in [9.17, 15) is 0 Å². The normalized spacial score (nSPS) is 11.2. The summed E-state index contributed by atoms with van der Waals surface area (Å²) >= 11 is 0. The average molecular weight is 211 g/mol. The molecule has 2 nitrogen and oxygen atoms in total. The van der Waals surface area contributed by atoms with Gasteiger partial charge in [0.25, 0.3) is 0 Å².